The van der Waals surface area contributed by atoms with E-state index in [9.17, 15) is 20.0 Å². The Hall–Kier alpha value is -3.09. The van der Waals surface area contributed by atoms with Gasteiger partial charge in [-0.25, -0.2) is 4.79 Å². The lowest BCUT2D eigenvalue weighted by Crippen LogP contribution is -2.14. The van der Waals surface area contributed by atoms with Gasteiger partial charge in [-0.15, -0.1) is 0 Å². The van der Waals surface area contributed by atoms with Crippen molar-refractivity contribution in [2.75, 3.05) is 6.61 Å². The first-order chi connectivity index (χ1) is 10.6. The SMILES string of the molecule is O=C(COc1ccccc1O)OCc1cccc([N+](=O)[O-])c1. The molecule has 0 atom stereocenters. The molecule has 22 heavy (non-hydrogen) atoms. The second-order valence-corrected chi connectivity index (χ2v) is 4.34. The zero-order chi connectivity index (χ0) is 15.9. The predicted octanol–water partition coefficient (Wildman–Crippen LogP) is 2.42. The van der Waals surface area contributed by atoms with Crippen LogP contribution < -0.4 is 4.74 Å². The molecule has 2 aromatic carbocycles. The number of hydrogen-bond acceptors (Lipinski definition) is 6. The molecule has 0 saturated carbocycles. The summed E-state index contributed by atoms with van der Waals surface area (Å²) in [5, 5.41) is 20.1. The smallest absolute Gasteiger partial charge is 0.344 e. The zero-order valence-electron chi connectivity index (χ0n) is 11.5. The van der Waals surface area contributed by atoms with Gasteiger partial charge >= 0.3 is 5.97 Å². The van der Waals surface area contributed by atoms with E-state index in [2.05, 4.69) is 0 Å². The van der Waals surface area contributed by atoms with E-state index in [0.717, 1.165) is 0 Å². The van der Waals surface area contributed by atoms with Crippen molar-refractivity contribution >= 4 is 11.7 Å². The Bertz CT molecular complexity index is 685. The summed E-state index contributed by atoms with van der Waals surface area (Å²) in [5.41, 5.74) is 0.434. The lowest BCUT2D eigenvalue weighted by Gasteiger charge is -2.08. The minimum absolute atomic E-state index is 0.0704. The molecule has 0 aliphatic carbocycles. The first-order valence-corrected chi connectivity index (χ1v) is 6.36. The predicted molar refractivity (Wildman–Crippen MR) is 76.5 cm³/mol. The number of ether oxygens (including phenoxy) is 2. The van der Waals surface area contributed by atoms with E-state index in [0.29, 0.717) is 5.56 Å². The maximum absolute atomic E-state index is 11.6. The summed E-state index contributed by atoms with van der Waals surface area (Å²) in [6, 6.07) is 12.0. The van der Waals surface area contributed by atoms with Gasteiger partial charge in [0.1, 0.15) is 6.61 Å². The summed E-state index contributed by atoms with van der Waals surface area (Å²) >= 11 is 0. The van der Waals surface area contributed by atoms with E-state index in [4.69, 9.17) is 9.47 Å². The Balaban J connectivity index is 1.84. The second-order valence-electron chi connectivity index (χ2n) is 4.34. The van der Waals surface area contributed by atoms with Gasteiger partial charge in [0.05, 0.1) is 4.92 Å². The summed E-state index contributed by atoms with van der Waals surface area (Å²) in [4.78, 5) is 21.7. The summed E-state index contributed by atoms with van der Waals surface area (Å²) in [7, 11) is 0. The van der Waals surface area contributed by atoms with Gasteiger partial charge in [0.2, 0.25) is 0 Å². The molecule has 114 valence electrons. The molecule has 7 heteroatoms. The molecule has 7 nitrogen and oxygen atoms in total. The Morgan fingerprint density at radius 2 is 1.95 bits per heavy atom. The van der Waals surface area contributed by atoms with Gasteiger partial charge in [0.15, 0.2) is 18.1 Å². The molecule has 0 spiro atoms. The molecule has 0 saturated heterocycles. The number of carbonyl (C=O) groups excluding carboxylic acids is 1. The Morgan fingerprint density at radius 3 is 2.68 bits per heavy atom. The summed E-state index contributed by atoms with van der Waals surface area (Å²) in [6.45, 7) is -0.461. The Morgan fingerprint density at radius 1 is 1.18 bits per heavy atom. The van der Waals surface area contributed by atoms with Crippen LogP contribution in [0.2, 0.25) is 0 Å². The van der Waals surface area contributed by atoms with Crippen LogP contribution in [-0.4, -0.2) is 22.6 Å². The van der Waals surface area contributed by atoms with Gasteiger partial charge in [-0.2, -0.15) is 0 Å². The van der Waals surface area contributed by atoms with Gasteiger partial charge in [-0.1, -0.05) is 24.3 Å². The third-order valence-corrected chi connectivity index (χ3v) is 2.73. The van der Waals surface area contributed by atoms with E-state index in [-0.39, 0.29) is 30.4 Å². The molecule has 1 N–H and O–H groups in total. The molecule has 2 aromatic rings. The minimum Gasteiger partial charge on any atom is -0.504 e. The Kier molecular flexibility index (Phi) is 4.92. The molecule has 2 rings (SSSR count). The topological polar surface area (TPSA) is 98.9 Å². The number of nitrogens with zero attached hydrogens (tertiary/aromatic N) is 1. The van der Waals surface area contributed by atoms with Crippen molar-refractivity contribution in [1.29, 1.82) is 0 Å². The van der Waals surface area contributed by atoms with Gasteiger partial charge < -0.3 is 14.6 Å². The van der Waals surface area contributed by atoms with E-state index in [1.54, 1.807) is 18.2 Å². The number of nitro benzene ring substituents is 1. The molecule has 0 radical (unpaired) electrons. The lowest BCUT2D eigenvalue weighted by atomic mass is 10.2. The monoisotopic (exact) mass is 303 g/mol. The fraction of sp³-hybridized carbons (Fsp3) is 0.133. The number of para-hydroxylation sites is 2. The quantitative estimate of drug-likeness (QED) is 0.500. The van der Waals surface area contributed by atoms with Crippen LogP contribution in [0.1, 0.15) is 5.56 Å². The number of rotatable bonds is 6. The van der Waals surface area contributed by atoms with Gasteiger partial charge in [0.25, 0.3) is 5.69 Å². The Labute approximate surface area is 125 Å². The highest BCUT2D eigenvalue weighted by Gasteiger charge is 2.09. The van der Waals surface area contributed by atoms with Crippen LogP contribution in [0, 0.1) is 10.1 Å². The third-order valence-electron chi connectivity index (χ3n) is 2.73. The van der Waals surface area contributed by atoms with Crippen molar-refractivity contribution < 1.29 is 24.3 Å². The lowest BCUT2D eigenvalue weighted by molar-refractivity contribution is -0.384. The van der Waals surface area contributed by atoms with Crippen molar-refractivity contribution in [2.24, 2.45) is 0 Å². The molecule has 0 aliphatic heterocycles. The number of phenols is 1. The molecular formula is C15H13NO6. The number of hydrogen-bond donors (Lipinski definition) is 1. The molecule has 0 amide bonds. The van der Waals surface area contributed by atoms with E-state index < -0.39 is 10.9 Å². The normalized spacial score (nSPS) is 10.0. The van der Waals surface area contributed by atoms with Gasteiger partial charge in [-0.3, -0.25) is 10.1 Å². The van der Waals surface area contributed by atoms with Crippen molar-refractivity contribution in [3.8, 4) is 11.5 Å². The fourth-order valence-corrected chi connectivity index (χ4v) is 1.68. The molecule has 0 aromatic heterocycles. The van der Waals surface area contributed by atoms with Crippen molar-refractivity contribution in [3.63, 3.8) is 0 Å². The van der Waals surface area contributed by atoms with Crippen LogP contribution in [0.25, 0.3) is 0 Å². The third kappa shape index (κ3) is 4.20. The van der Waals surface area contributed by atoms with Crippen LogP contribution in [-0.2, 0) is 16.1 Å². The van der Waals surface area contributed by atoms with Crippen molar-refractivity contribution in [3.05, 3.63) is 64.2 Å². The number of aromatic hydroxyl groups is 1. The van der Waals surface area contributed by atoms with Gasteiger partial charge in [0, 0.05) is 12.1 Å². The summed E-state index contributed by atoms with van der Waals surface area (Å²) in [6.07, 6.45) is 0. The number of benzene rings is 2. The van der Waals surface area contributed by atoms with Crippen LogP contribution in [0.5, 0.6) is 11.5 Å². The zero-order valence-corrected chi connectivity index (χ0v) is 11.5. The molecular weight excluding hydrogens is 290 g/mol. The highest BCUT2D eigenvalue weighted by Crippen LogP contribution is 2.24. The van der Waals surface area contributed by atoms with E-state index in [1.165, 1.54) is 30.3 Å². The van der Waals surface area contributed by atoms with Crippen LogP contribution in [0.4, 0.5) is 5.69 Å². The van der Waals surface area contributed by atoms with Crippen LogP contribution in [0.3, 0.4) is 0 Å². The van der Waals surface area contributed by atoms with E-state index in [1.807, 2.05) is 0 Å². The minimum atomic E-state index is -0.644. The molecule has 0 aliphatic rings. The molecule has 0 heterocycles. The molecule has 0 fully saturated rings. The molecule has 0 bridgehead atoms. The average Bonchev–Trinajstić information content (AvgIpc) is 2.52. The first kappa shape index (κ1) is 15.3. The largest absolute Gasteiger partial charge is 0.504 e. The first-order valence-electron chi connectivity index (χ1n) is 6.36. The van der Waals surface area contributed by atoms with Gasteiger partial charge in [-0.05, 0) is 17.7 Å². The van der Waals surface area contributed by atoms with Crippen LogP contribution in [0.15, 0.2) is 48.5 Å². The number of carbonyl (C=O) groups is 1. The van der Waals surface area contributed by atoms with E-state index >= 15 is 0 Å². The second kappa shape index (κ2) is 7.07. The van der Waals surface area contributed by atoms with Crippen LogP contribution >= 0.6 is 0 Å². The number of phenolic OH excluding ortho intramolecular Hbond substituents is 1. The number of esters is 1. The standard InChI is InChI=1S/C15H13NO6/c17-13-6-1-2-7-14(13)21-10-15(18)22-9-11-4-3-5-12(8-11)16(19)20/h1-8,17H,9-10H2. The number of nitro groups is 1. The highest BCUT2D eigenvalue weighted by molar-refractivity contribution is 5.71. The van der Waals surface area contributed by atoms with Crippen molar-refractivity contribution in [2.45, 2.75) is 6.61 Å². The fourth-order valence-electron chi connectivity index (χ4n) is 1.68. The summed E-state index contributed by atoms with van der Waals surface area (Å²) in [5.74, 6) is -0.543. The number of non-ortho nitro benzene ring substituents is 1. The van der Waals surface area contributed by atoms with Crippen molar-refractivity contribution in [1.82, 2.24) is 0 Å². The maximum atomic E-state index is 11.6. The average molecular weight is 303 g/mol. The summed E-state index contributed by atoms with van der Waals surface area (Å²) < 4.78 is 10.1. The highest BCUT2D eigenvalue weighted by atomic mass is 16.6. The maximum Gasteiger partial charge on any atom is 0.344 e. The molecule has 0 unspecified atom stereocenters.